The fourth-order valence-electron chi connectivity index (χ4n) is 2.48. The van der Waals surface area contributed by atoms with Crippen molar-refractivity contribution in [2.45, 2.75) is 26.7 Å². The van der Waals surface area contributed by atoms with E-state index in [2.05, 4.69) is 45.7 Å². The number of rotatable bonds is 8. The van der Waals surface area contributed by atoms with Crippen LogP contribution >= 0.6 is 28.1 Å². The number of ether oxygens (including phenoxy) is 1. The molecule has 2 aromatic rings. The van der Waals surface area contributed by atoms with Gasteiger partial charge in [-0.15, -0.1) is 0 Å². The molecule has 0 unspecified atom stereocenters. The highest BCUT2D eigenvalue weighted by molar-refractivity contribution is 9.10. The molecule has 0 spiro atoms. The fourth-order valence-corrected chi connectivity index (χ4v) is 3.18. The average Bonchev–Trinajstić information content (AvgIpc) is 2.70. The molecule has 3 N–H and O–H groups in total. The largest absolute Gasteiger partial charge is 0.492 e. The number of halogens is 1. The number of hydrogen-bond acceptors (Lipinski definition) is 4. The van der Waals surface area contributed by atoms with Crippen molar-refractivity contribution in [3.63, 3.8) is 0 Å². The Morgan fingerprint density at radius 2 is 1.83 bits per heavy atom. The molecule has 0 saturated heterocycles. The van der Waals surface area contributed by atoms with Crippen LogP contribution in [0.1, 0.15) is 36.2 Å². The van der Waals surface area contributed by atoms with Gasteiger partial charge in [-0.25, -0.2) is 0 Å². The lowest BCUT2D eigenvalue weighted by atomic mass is 10.1. The molecule has 160 valence electrons. The van der Waals surface area contributed by atoms with Gasteiger partial charge in [0.05, 0.1) is 17.5 Å². The third kappa shape index (κ3) is 7.76. The zero-order valence-electron chi connectivity index (χ0n) is 17.3. The lowest BCUT2D eigenvalue weighted by molar-refractivity contribution is -0.119. The highest BCUT2D eigenvalue weighted by Crippen LogP contribution is 2.26. The summed E-state index contributed by atoms with van der Waals surface area (Å²) in [7, 11) is 1.60. The van der Waals surface area contributed by atoms with E-state index in [1.165, 1.54) is 0 Å². The van der Waals surface area contributed by atoms with Crippen LogP contribution in [0.2, 0.25) is 0 Å². The molecule has 0 aliphatic heterocycles. The first-order chi connectivity index (χ1) is 14.3. The Morgan fingerprint density at radius 1 is 1.13 bits per heavy atom. The van der Waals surface area contributed by atoms with Gasteiger partial charge in [-0.05, 0) is 76.4 Å². The van der Waals surface area contributed by atoms with Gasteiger partial charge in [0, 0.05) is 18.3 Å². The van der Waals surface area contributed by atoms with Gasteiger partial charge >= 0.3 is 0 Å². The second-order valence-corrected chi connectivity index (χ2v) is 8.39. The van der Waals surface area contributed by atoms with Crippen LogP contribution in [0.5, 0.6) is 5.75 Å². The zero-order chi connectivity index (χ0) is 22.1. The molecule has 0 bridgehead atoms. The van der Waals surface area contributed by atoms with Crippen LogP contribution in [0, 0.1) is 5.92 Å². The van der Waals surface area contributed by atoms with E-state index in [1.807, 2.05) is 12.1 Å². The van der Waals surface area contributed by atoms with E-state index in [-0.39, 0.29) is 16.9 Å². The highest BCUT2D eigenvalue weighted by atomic mass is 79.9. The van der Waals surface area contributed by atoms with E-state index in [9.17, 15) is 9.59 Å². The lowest BCUT2D eigenvalue weighted by Crippen LogP contribution is -2.34. The summed E-state index contributed by atoms with van der Waals surface area (Å²) in [4.78, 5) is 23.9. The normalized spacial score (nSPS) is 10.4. The van der Waals surface area contributed by atoms with E-state index in [4.69, 9.17) is 17.0 Å². The summed E-state index contributed by atoms with van der Waals surface area (Å²) in [5.41, 5.74) is 2.06. The summed E-state index contributed by atoms with van der Waals surface area (Å²) in [6.45, 7) is 4.90. The molecule has 0 saturated carbocycles. The monoisotopic (exact) mass is 491 g/mol. The second kappa shape index (κ2) is 11.7. The number of carbonyl (C=O) groups is 2. The van der Waals surface area contributed by atoms with Gasteiger partial charge < -0.3 is 15.4 Å². The predicted molar refractivity (Wildman–Crippen MR) is 127 cm³/mol. The molecule has 0 atom stereocenters. The number of hydrogen-bond donors (Lipinski definition) is 3. The average molecular weight is 492 g/mol. The molecule has 0 radical (unpaired) electrons. The molecule has 2 aromatic carbocycles. The first-order valence-electron chi connectivity index (χ1n) is 9.62. The molecule has 8 heteroatoms. The van der Waals surface area contributed by atoms with Gasteiger partial charge in [-0.2, -0.15) is 0 Å². The van der Waals surface area contributed by atoms with Crippen LogP contribution in [-0.4, -0.2) is 30.6 Å². The fraction of sp³-hybridized carbons (Fsp3) is 0.318. The van der Waals surface area contributed by atoms with Gasteiger partial charge in [0.1, 0.15) is 5.75 Å². The molecule has 2 amide bonds. The number of likely N-dealkylation sites (N-methyl/N-ethyl adjacent to an activating group) is 1. The number of amides is 2. The minimum Gasteiger partial charge on any atom is -0.492 e. The Kier molecular flexibility index (Phi) is 9.26. The number of benzene rings is 2. The number of carbonyl (C=O) groups excluding carboxylic acids is 2. The molecular weight excluding hydrogens is 466 g/mol. The second-order valence-electron chi connectivity index (χ2n) is 7.13. The quantitative estimate of drug-likeness (QED) is 0.480. The molecule has 2 rings (SSSR count). The summed E-state index contributed by atoms with van der Waals surface area (Å²) in [6, 6.07) is 12.4. The van der Waals surface area contributed by atoms with Gasteiger partial charge in [0.2, 0.25) is 5.91 Å². The van der Waals surface area contributed by atoms with Crippen molar-refractivity contribution in [1.29, 1.82) is 0 Å². The van der Waals surface area contributed by atoms with Gasteiger partial charge in [-0.3, -0.25) is 14.9 Å². The molecule has 6 nitrogen and oxygen atoms in total. The van der Waals surface area contributed by atoms with E-state index in [0.717, 1.165) is 17.7 Å². The third-order valence-electron chi connectivity index (χ3n) is 4.23. The predicted octanol–water partition coefficient (Wildman–Crippen LogP) is 4.29. The van der Waals surface area contributed by atoms with Crippen molar-refractivity contribution in [1.82, 2.24) is 10.6 Å². The van der Waals surface area contributed by atoms with Crippen LogP contribution in [0.15, 0.2) is 46.9 Å². The van der Waals surface area contributed by atoms with Gasteiger partial charge in [-0.1, -0.05) is 26.0 Å². The van der Waals surface area contributed by atoms with Crippen LogP contribution in [0.25, 0.3) is 0 Å². The topological polar surface area (TPSA) is 79.5 Å². The summed E-state index contributed by atoms with van der Waals surface area (Å²) in [6.07, 6.45) is 1.27. The first-order valence-corrected chi connectivity index (χ1v) is 10.8. The van der Waals surface area contributed by atoms with E-state index in [0.29, 0.717) is 34.7 Å². The maximum absolute atomic E-state index is 12.5. The maximum atomic E-state index is 12.5. The molecule has 0 aromatic heterocycles. The summed E-state index contributed by atoms with van der Waals surface area (Å²) < 4.78 is 6.45. The van der Waals surface area contributed by atoms with Crippen molar-refractivity contribution in [2.75, 3.05) is 19.0 Å². The van der Waals surface area contributed by atoms with Crippen molar-refractivity contribution >= 4 is 50.8 Å². The molecule has 30 heavy (non-hydrogen) atoms. The van der Waals surface area contributed by atoms with E-state index in [1.54, 1.807) is 37.4 Å². The van der Waals surface area contributed by atoms with Gasteiger partial charge in [0.25, 0.3) is 5.91 Å². The number of anilines is 1. The van der Waals surface area contributed by atoms with E-state index < -0.39 is 0 Å². The minimum atomic E-state index is -0.321. The Bertz CT molecular complexity index is 901. The lowest BCUT2D eigenvalue weighted by Gasteiger charge is -2.12. The zero-order valence-corrected chi connectivity index (χ0v) is 19.7. The standard InChI is InChI=1S/C22H26BrN3O3S/c1-14(2)10-11-29-19-9-6-16(13-18(19)23)21(28)26-22(30)25-17-7-4-15(5-8-17)12-20(27)24-3/h4-9,13-14H,10-12H2,1-3H3,(H,24,27)(H2,25,26,28,30). The van der Waals surface area contributed by atoms with Crippen LogP contribution < -0.4 is 20.7 Å². The Morgan fingerprint density at radius 3 is 2.43 bits per heavy atom. The SMILES string of the molecule is CNC(=O)Cc1ccc(NC(=S)NC(=O)c2ccc(OCCC(C)C)c(Br)c2)cc1. The van der Waals surface area contributed by atoms with Crippen molar-refractivity contribution < 1.29 is 14.3 Å². The Hall–Kier alpha value is -2.45. The molecule has 0 heterocycles. The molecule has 0 aliphatic carbocycles. The Balaban J connectivity index is 1.90. The molecule has 0 fully saturated rings. The van der Waals surface area contributed by atoms with Crippen LogP contribution in [0.3, 0.4) is 0 Å². The smallest absolute Gasteiger partial charge is 0.257 e. The summed E-state index contributed by atoms with van der Waals surface area (Å²) in [5, 5.41) is 8.40. The van der Waals surface area contributed by atoms with Crippen molar-refractivity contribution in [3.05, 3.63) is 58.1 Å². The number of thiocarbonyl (C=S) groups is 1. The molecule has 0 aliphatic rings. The van der Waals surface area contributed by atoms with E-state index >= 15 is 0 Å². The van der Waals surface area contributed by atoms with Crippen molar-refractivity contribution in [2.24, 2.45) is 5.92 Å². The highest BCUT2D eigenvalue weighted by Gasteiger charge is 2.11. The van der Waals surface area contributed by atoms with Gasteiger partial charge in [0.15, 0.2) is 5.11 Å². The van der Waals surface area contributed by atoms with Crippen LogP contribution in [0.4, 0.5) is 5.69 Å². The summed E-state index contributed by atoms with van der Waals surface area (Å²) >= 11 is 8.68. The Labute approximate surface area is 190 Å². The number of nitrogens with one attached hydrogen (secondary N) is 3. The third-order valence-corrected chi connectivity index (χ3v) is 5.05. The summed E-state index contributed by atoms with van der Waals surface area (Å²) in [5.74, 6) is 0.887. The minimum absolute atomic E-state index is 0.0546. The maximum Gasteiger partial charge on any atom is 0.257 e. The first kappa shape index (κ1) is 23.8. The van der Waals surface area contributed by atoms with Crippen LogP contribution in [-0.2, 0) is 11.2 Å². The molecular formula is C22H26BrN3O3S. The van der Waals surface area contributed by atoms with Crippen molar-refractivity contribution in [3.8, 4) is 5.75 Å².